The van der Waals surface area contributed by atoms with Crippen LogP contribution in [0.3, 0.4) is 0 Å². The Balaban J connectivity index is 0.00000156. The van der Waals surface area contributed by atoms with E-state index in [0.29, 0.717) is 35.3 Å². The first-order valence-corrected chi connectivity index (χ1v) is 14.1. The number of nitrogens with zero attached hydrogens (tertiary/aromatic N) is 2. The molecular formula is C32H35N7O5. The predicted octanol–water partition coefficient (Wildman–Crippen LogP) is 3.09. The summed E-state index contributed by atoms with van der Waals surface area (Å²) >= 11 is 0. The summed E-state index contributed by atoms with van der Waals surface area (Å²) in [6, 6.07) is 20.1. The maximum Gasteiger partial charge on any atom is 0.322 e. The Kier molecular flexibility index (Phi) is 6.46. The molecular weight excluding hydrogens is 562 g/mol. The Labute approximate surface area is 257 Å². The monoisotopic (exact) mass is 597 g/mol. The fraction of sp³-hybridized carbons (Fsp3) is 0.188. The molecule has 0 bridgehead atoms. The molecule has 1 fully saturated rings. The molecule has 228 valence electrons. The van der Waals surface area contributed by atoms with Crippen molar-refractivity contribution in [2.24, 2.45) is 0 Å². The highest BCUT2D eigenvalue weighted by Gasteiger charge is 2.50. The smallest absolute Gasteiger partial charge is 0.322 e. The van der Waals surface area contributed by atoms with Gasteiger partial charge < -0.3 is 21.3 Å². The molecule has 5 N–H and O–H groups in total. The van der Waals surface area contributed by atoms with Gasteiger partial charge in [-0.05, 0) is 46.8 Å². The molecule has 4 aromatic rings. The summed E-state index contributed by atoms with van der Waals surface area (Å²) in [4.78, 5) is 70.4. The second kappa shape index (κ2) is 10.5. The Morgan fingerprint density at radius 2 is 1.77 bits per heavy atom. The Morgan fingerprint density at radius 3 is 2.61 bits per heavy atom. The standard InChI is InChI=1S/C32H27N7O5.4H2/c40-26(35-21-10-9-19-14-32(15-20(19)13-21)30(43)37-31(44)38-32)17-39-25-8-4-3-7-23(25)34-16-24(29(39)42)36-28(41)27-22-6-2-1-5-18(22)11-12-33-27;;;;/h1-13,24,34H,14-17H2,(H,35,40)(H,36,41)(H2,37,38,43,44);4*1H/t24-,32?;;;;/m0..../s1. The zero-order valence-corrected chi connectivity index (χ0v) is 23.3. The molecule has 12 nitrogen and oxygen atoms in total. The van der Waals surface area contributed by atoms with E-state index in [4.69, 9.17) is 0 Å². The highest BCUT2D eigenvalue weighted by Crippen LogP contribution is 2.34. The quantitative estimate of drug-likeness (QED) is 0.221. The number of urea groups is 1. The van der Waals surface area contributed by atoms with Gasteiger partial charge in [-0.3, -0.25) is 34.4 Å². The number of amides is 6. The van der Waals surface area contributed by atoms with Crippen LogP contribution in [0.4, 0.5) is 21.9 Å². The van der Waals surface area contributed by atoms with Crippen LogP contribution in [0.15, 0.2) is 79.0 Å². The van der Waals surface area contributed by atoms with E-state index in [-0.39, 0.29) is 30.4 Å². The van der Waals surface area contributed by atoms with Gasteiger partial charge in [0.05, 0.1) is 11.4 Å². The van der Waals surface area contributed by atoms with E-state index in [1.54, 1.807) is 42.6 Å². The van der Waals surface area contributed by atoms with E-state index in [9.17, 15) is 24.0 Å². The van der Waals surface area contributed by atoms with Crippen molar-refractivity contribution in [3.8, 4) is 0 Å². The second-order valence-corrected chi connectivity index (χ2v) is 11.1. The lowest BCUT2D eigenvalue weighted by atomic mass is 9.96. The van der Waals surface area contributed by atoms with Crippen LogP contribution in [0.1, 0.15) is 27.3 Å². The third kappa shape index (κ3) is 4.75. The lowest BCUT2D eigenvalue weighted by Crippen LogP contribution is -2.52. The van der Waals surface area contributed by atoms with Crippen LogP contribution >= 0.6 is 0 Å². The number of fused-ring (bicyclic) bond motifs is 3. The van der Waals surface area contributed by atoms with E-state index in [1.165, 1.54) is 4.90 Å². The number of pyridine rings is 1. The number of carbonyl (C=O) groups excluding carboxylic acids is 5. The topological polar surface area (TPSA) is 162 Å². The summed E-state index contributed by atoms with van der Waals surface area (Å²) in [7, 11) is 0. The van der Waals surface area contributed by atoms with Crippen LogP contribution < -0.4 is 31.5 Å². The minimum Gasteiger partial charge on any atom is -0.381 e. The molecule has 12 heteroatoms. The van der Waals surface area contributed by atoms with Crippen LogP contribution in [0.2, 0.25) is 0 Å². The first-order valence-electron chi connectivity index (χ1n) is 14.1. The molecule has 0 saturated carbocycles. The van der Waals surface area contributed by atoms with Gasteiger partial charge in [0.15, 0.2) is 0 Å². The van der Waals surface area contributed by atoms with Crippen LogP contribution in [0.25, 0.3) is 10.8 Å². The van der Waals surface area contributed by atoms with Crippen molar-refractivity contribution in [3.63, 3.8) is 0 Å². The summed E-state index contributed by atoms with van der Waals surface area (Å²) in [5.41, 5.74) is 2.58. The molecule has 3 aliphatic rings. The minimum absolute atomic E-state index is 0. The van der Waals surface area contributed by atoms with E-state index < -0.39 is 35.3 Å². The van der Waals surface area contributed by atoms with Crippen LogP contribution in [0, 0.1) is 0 Å². The Hall–Kier alpha value is -5.78. The summed E-state index contributed by atoms with van der Waals surface area (Å²) in [5, 5.41) is 15.4. The number of hydrogen-bond acceptors (Lipinski definition) is 7. The van der Waals surface area contributed by atoms with E-state index >= 15 is 0 Å². The molecule has 1 spiro atoms. The highest BCUT2D eigenvalue weighted by molar-refractivity contribution is 6.11. The predicted molar refractivity (Wildman–Crippen MR) is 171 cm³/mol. The van der Waals surface area contributed by atoms with E-state index in [2.05, 4.69) is 31.6 Å². The van der Waals surface area contributed by atoms with Crippen LogP contribution in [-0.2, 0) is 27.2 Å². The van der Waals surface area contributed by atoms with Gasteiger partial charge in [-0.25, -0.2) is 4.79 Å². The van der Waals surface area contributed by atoms with Gasteiger partial charge in [-0.1, -0.05) is 42.5 Å². The van der Waals surface area contributed by atoms with Gasteiger partial charge >= 0.3 is 6.03 Å². The van der Waals surface area contributed by atoms with Gasteiger partial charge in [-0.2, -0.15) is 0 Å². The molecule has 1 aromatic heterocycles. The maximum absolute atomic E-state index is 13.9. The third-order valence-corrected chi connectivity index (χ3v) is 8.24. The molecule has 2 aliphatic heterocycles. The molecule has 3 heterocycles. The Bertz CT molecular complexity index is 1910. The van der Waals surface area contributed by atoms with E-state index in [1.807, 2.05) is 36.4 Å². The van der Waals surface area contributed by atoms with Gasteiger partial charge in [0.1, 0.15) is 23.8 Å². The van der Waals surface area contributed by atoms with Crippen LogP contribution in [-0.4, -0.2) is 59.3 Å². The number of nitrogens with one attached hydrogen (secondary N) is 5. The first kappa shape index (κ1) is 27.1. The zero-order chi connectivity index (χ0) is 30.4. The summed E-state index contributed by atoms with van der Waals surface area (Å²) in [6.45, 7) is -0.197. The molecule has 7 rings (SSSR count). The number of aromatic nitrogens is 1. The van der Waals surface area contributed by atoms with Crippen molar-refractivity contribution in [2.75, 3.05) is 28.6 Å². The highest BCUT2D eigenvalue weighted by atomic mass is 16.2. The number of benzene rings is 3. The lowest BCUT2D eigenvalue weighted by molar-refractivity contribution is -0.123. The molecule has 0 radical (unpaired) electrons. The fourth-order valence-electron chi connectivity index (χ4n) is 6.14. The molecule has 1 unspecified atom stereocenters. The normalized spacial score (nSPS) is 20.3. The fourth-order valence-corrected chi connectivity index (χ4v) is 6.14. The molecule has 2 atom stereocenters. The largest absolute Gasteiger partial charge is 0.381 e. The third-order valence-electron chi connectivity index (χ3n) is 8.24. The SMILES string of the molecule is O=C(CN1C(=O)[C@@H](NC(=O)c2nccc3ccccc23)CNc2ccccc21)Nc1ccc2c(c1)CC1(C2)NC(=O)NC1=O.[HH].[HH].[HH].[HH]. The molecule has 44 heavy (non-hydrogen) atoms. The minimum atomic E-state index is -1.02. The number of hydrogen-bond donors (Lipinski definition) is 5. The second-order valence-electron chi connectivity index (χ2n) is 11.1. The van der Waals surface area contributed by atoms with Crippen molar-refractivity contribution in [1.82, 2.24) is 20.9 Å². The number of rotatable bonds is 5. The first-order chi connectivity index (χ1) is 21.3. The average molecular weight is 598 g/mol. The van der Waals surface area contributed by atoms with E-state index in [0.717, 1.165) is 16.5 Å². The zero-order valence-electron chi connectivity index (χ0n) is 23.3. The summed E-state index contributed by atoms with van der Waals surface area (Å²) < 4.78 is 0. The lowest BCUT2D eigenvalue weighted by Gasteiger charge is -2.25. The van der Waals surface area contributed by atoms with Gasteiger partial charge in [0.2, 0.25) is 5.91 Å². The van der Waals surface area contributed by atoms with Crippen molar-refractivity contribution in [2.45, 2.75) is 24.4 Å². The van der Waals surface area contributed by atoms with Crippen molar-refractivity contribution in [3.05, 3.63) is 95.8 Å². The van der Waals surface area contributed by atoms with Gasteiger partial charge in [0, 0.05) is 42.4 Å². The van der Waals surface area contributed by atoms with Gasteiger partial charge in [0.25, 0.3) is 17.7 Å². The molecule has 1 saturated heterocycles. The molecule has 6 amide bonds. The number of carbonyl (C=O) groups is 5. The van der Waals surface area contributed by atoms with Crippen molar-refractivity contribution >= 4 is 57.5 Å². The van der Waals surface area contributed by atoms with Crippen LogP contribution in [0.5, 0.6) is 0 Å². The molecule has 3 aromatic carbocycles. The average Bonchev–Trinajstić information content (AvgIpc) is 3.48. The van der Waals surface area contributed by atoms with Crippen molar-refractivity contribution in [1.29, 1.82) is 0 Å². The number of imide groups is 1. The molecule has 1 aliphatic carbocycles. The number of anilines is 3. The maximum atomic E-state index is 13.9. The summed E-state index contributed by atoms with van der Waals surface area (Å²) in [6.07, 6.45) is 2.22. The number of para-hydroxylation sites is 2. The Morgan fingerprint density at radius 1 is 0.977 bits per heavy atom. The van der Waals surface area contributed by atoms with Gasteiger partial charge in [-0.15, -0.1) is 0 Å². The van der Waals surface area contributed by atoms with Crippen molar-refractivity contribution < 1.29 is 29.7 Å². The summed E-state index contributed by atoms with van der Waals surface area (Å²) in [5.74, 6) is -1.77.